The van der Waals surface area contributed by atoms with Crippen LogP contribution < -0.4 is 16.4 Å². The van der Waals surface area contributed by atoms with Crippen molar-refractivity contribution in [1.82, 2.24) is 10.2 Å². The molecule has 2 rings (SSSR count). The van der Waals surface area contributed by atoms with Gasteiger partial charge in [0.05, 0.1) is 0 Å². The lowest BCUT2D eigenvalue weighted by Gasteiger charge is -2.31. The number of likely N-dealkylation sites (tertiary alicyclic amines) is 1. The summed E-state index contributed by atoms with van der Waals surface area (Å²) in [6.07, 6.45) is 1.71. The minimum absolute atomic E-state index is 0.0651. The summed E-state index contributed by atoms with van der Waals surface area (Å²) < 4.78 is 0. The van der Waals surface area contributed by atoms with Gasteiger partial charge in [0.1, 0.15) is 0 Å². The number of amides is 3. The largest absolute Gasteiger partial charge is 0.382 e. The van der Waals surface area contributed by atoms with Gasteiger partial charge in [0.2, 0.25) is 0 Å². The van der Waals surface area contributed by atoms with Gasteiger partial charge in [0, 0.05) is 36.9 Å². The molecule has 0 spiro atoms. The van der Waals surface area contributed by atoms with Gasteiger partial charge < -0.3 is 21.3 Å². The second-order valence-corrected chi connectivity index (χ2v) is 5.18. The molecule has 6 nitrogen and oxygen atoms in total. The van der Waals surface area contributed by atoms with Crippen LogP contribution in [0, 0.1) is 0 Å². The predicted octanol–water partition coefficient (Wildman–Crippen LogP) is 1.39. The first-order valence-corrected chi connectivity index (χ1v) is 7.29. The highest BCUT2D eigenvalue weighted by molar-refractivity contribution is 5.95. The lowest BCUT2D eigenvalue weighted by Crippen LogP contribution is -2.44. The highest BCUT2D eigenvalue weighted by Crippen LogP contribution is 2.17. The van der Waals surface area contributed by atoms with Gasteiger partial charge in [0.15, 0.2) is 0 Å². The second-order valence-electron chi connectivity index (χ2n) is 5.18. The molecular weight excluding hydrogens is 268 g/mol. The molecule has 0 aliphatic carbocycles. The van der Waals surface area contributed by atoms with Gasteiger partial charge in [-0.3, -0.25) is 4.79 Å². The number of carbonyl (C=O) groups excluding carboxylic acids is 2. The Morgan fingerprint density at radius 1 is 1.33 bits per heavy atom. The maximum absolute atomic E-state index is 11.8. The lowest BCUT2D eigenvalue weighted by molar-refractivity contribution is 0.0956. The van der Waals surface area contributed by atoms with Crippen LogP contribution in [0.3, 0.4) is 0 Å². The van der Waals surface area contributed by atoms with E-state index < -0.39 is 0 Å². The SMILES string of the molecule is CCNC(=O)c1cccc(NC2CCN(C(N)=O)CC2)c1. The molecule has 1 aromatic rings. The normalized spacial score (nSPS) is 15.6. The van der Waals surface area contributed by atoms with Crippen LogP contribution >= 0.6 is 0 Å². The van der Waals surface area contributed by atoms with Gasteiger partial charge in [0.25, 0.3) is 5.91 Å². The number of hydrogen-bond donors (Lipinski definition) is 3. The average Bonchev–Trinajstić information content (AvgIpc) is 2.48. The van der Waals surface area contributed by atoms with Crippen LogP contribution in [0.4, 0.5) is 10.5 Å². The van der Waals surface area contributed by atoms with Gasteiger partial charge in [-0.25, -0.2) is 4.79 Å². The van der Waals surface area contributed by atoms with E-state index in [0.717, 1.165) is 18.5 Å². The van der Waals surface area contributed by atoms with Crippen molar-refractivity contribution >= 4 is 17.6 Å². The molecule has 0 unspecified atom stereocenters. The predicted molar refractivity (Wildman–Crippen MR) is 82.3 cm³/mol. The molecule has 0 bridgehead atoms. The van der Waals surface area contributed by atoms with Crippen molar-refractivity contribution in [3.8, 4) is 0 Å². The van der Waals surface area contributed by atoms with E-state index in [-0.39, 0.29) is 11.9 Å². The van der Waals surface area contributed by atoms with E-state index in [2.05, 4.69) is 10.6 Å². The zero-order valence-corrected chi connectivity index (χ0v) is 12.3. The fourth-order valence-electron chi connectivity index (χ4n) is 2.49. The van der Waals surface area contributed by atoms with Gasteiger partial charge >= 0.3 is 6.03 Å². The summed E-state index contributed by atoms with van der Waals surface area (Å²) in [5, 5.41) is 6.21. The van der Waals surface area contributed by atoms with Crippen LogP contribution in [0.1, 0.15) is 30.1 Å². The molecule has 1 aliphatic heterocycles. The van der Waals surface area contributed by atoms with Crippen molar-refractivity contribution in [2.75, 3.05) is 25.0 Å². The summed E-state index contributed by atoms with van der Waals surface area (Å²) in [7, 11) is 0. The van der Waals surface area contributed by atoms with Crippen LogP contribution in [0.5, 0.6) is 0 Å². The Hall–Kier alpha value is -2.24. The summed E-state index contributed by atoms with van der Waals surface area (Å²) in [5.41, 5.74) is 6.85. The first-order valence-electron chi connectivity index (χ1n) is 7.29. The molecule has 3 amide bonds. The van der Waals surface area contributed by atoms with E-state index in [1.807, 2.05) is 25.1 Å². The average molecular weight is 290 g/mol. The number of nitrogens with two attached hydrogens (primary N) is 1. The first kappa shape index (κ1) is 15.2. The summed E-state index contributed by atoms with van der Waals surface area (Å²) in [6, 6.07) is 7.41. The van der Waals surface area contributed by atoms with Crippen LogP contribution in [0.2, 0.25) is 0 Å². The van der Waals surface area contributed by atoms with E-state index in [9.17, 15) is 9.59 Å². The fourth-order valence-corrected chi connectivity index (χ4v) is 2.49. The van der Waals surface area contributed by atoms with Crippen LogP contribution in [0.15, 0.2) is 24.3 Å². The number of carbonyl (C=O) groups is 2. The zero-order valence-electron chi connectivity index (χ0n) is 12.3. The molecule has 1 aromatic carbocycles. The number of urea groups is 1. The molecule has 0 atom stereocenters. The van der Waals surface area contributed by atoms with Crippen LogP contribution in [-0.2, 0) is 0 Å². The molecule has 1 saturated heterocycles. The Morgan fingerprint density at radius 3 is 2.67 bits per heavy atom. The van der Waals surface area contributed by atoms with E-state index >= 15 is 0 Å². The Kier molecular flexibility index (Phi) is 5.03. The molecule has 4 N–H and O–H groups in total. The Morgan fingerprint density at radius 2 is 2.05 bits per heavy atom. The minimum Gasteiger partial charge on any atom is -0.382 e. The van der Waals surface area contributed by atoms with E-state index in [1.165, 1.54) is 0 Å². The zero-order chi connectivity index (χ0) is 15.2. The molecule has 1 fully saturated rings. The number of anilines is 1. The molecule has 21 heavy (non-hydrogen) atoms. The number of nitrogens with one attached hydrogen (secondary N) is 2. The van der Waals surface area contributed by atoms with E-state index in [0.29, 0.717) is 31.2 Å². The monoisotopic (exact) mass is 290 g/mol. The quantitative estimate of drug-likeness (QED) is 0.783. The second kappa shape index (κ2) is 6.97. The van der Waals surface area contributed by atoms with Gasteiger partial charge in [-0.1, -0.05) is 6.07 Å². The number of primary amides is 1. The maximum Gasteiger partial charge on any atom is 0.314 e. The van der Waals surface area contributed by atoms with Crippen molar-refractivity contribution in [3.05, 3.63) is 29.8 Å². The third-order valence-corrected chi connectivity index (χ3v) is 3.64. The van der Waals surface area contributed by atoms with E-state index in [1.54, 1.807) is 11.0 Å². The van der Waals surface area contributed by atoms with Crippen molar-refractivity contribution in [2.45, 2.75) is 25.8 Å². The summed E-state index contributed by atoms with van der Waals surface area (Å²) in [6.45, 7) is 3.85. The standard InChI is InChI=1S/C15H22N4O2/c1-2-17-14(20)11-4-3-5-13(10-11)18-12-6-8-19(9-7-12)15(16)21/h3-5,10,12,18H,2,6-9H2,1H3,(H2,16,21)(H,17,20). The molecule has 6 heteroatoms. The summed E-state index contributed by atoms with van der Waals surface area (Å²) >= 11 is 0. The molecule has 1 aliphatic rings. The Labute approximate surface area is 124 Å². The van der Waals surface area contributed by atoms with Crippen molar-refractivity contribution in [1.29, 1.82) is 0 Å². The molecule has 1 heterocycles. The Bertz CT molecular complexity index is 510. The van der Waals surface area contributed by atoms with E-state index in [4.69, 9.17) is 5.73 Å². The third-order valence-electron chi connectivity index (χ3n) is 3.64. The highest BCUT2D eigenvalue weighted by atomic mass is 16.2. The number of rotatable bonds is 4. The van der Waals surface area contributed by atoms with Gasteiger partial charge in [-0.2, -0.15) is 0 Å². The number of hydrogen-bond acceptors (Lipinski definition) is 3. The smallest absolute Gasteiger partial charge is 0.314 e. The summed E-state index contributed by atoms with van der Waals surface area (Å²) in [4.78, 5) is 24.5. The minimum atomic E-state index is -0.355. The maximum atomic E-state index is 11.8. The molecular formula is C15H22N4O2. The van der Waals surface area contributed by atoms with Crippen molar-refractivity contribution in [3.63, 3.8) is 0 Å². The lowest BCUT2D eigenvalue weighted by atomic mass is 10.0. The number of piperidine rings is 1. The van der Waals surface area contributed by atoms with Gasteiger partial charge in [-0.05, 0) is 38.0 Å². The van der Waals surface area contributed by atoms with Crippen molar-refractivity contribution in [2.24, 2.45) is 5.73 Å². The molecule has 0 radical (unpaired) electrons. The molecule has 114 valence electrons. The highest BCUT2D eigenvalue weighted by Gasteiger charge is 2.21. The fraction of sp³-hybridized carbons (Fsp3) is 0.467. The van der Waals surface area contributed by atoms with Crippen LogP contribution in [0.25, 0.3) is 0 Å². The summed E-state index contributed by atoms with van der Waals surface area (Å²) in [5.74, 6) is -0.0651. The van der Waals surface area contributed by atoms with Gasteiger partial charge in [-0.15, -0.1) is 0 Å². The van der Waals surface area contributed by atoms with Crippen molar-refractivity contribution < 1.29 is 9.59 Å². The number of nitrogens with zero attached hydrogens (tertiary/aromatic N) is 1. The van der Waals surface area contributed by atoms with Crippen LogP contribution in [-0.4, -0.2) is 42.5 Å². The molecule has 0 aromatic heterocycles. The molecule has 0 saturated carbocycles. The Balaban J connectivity index is 1.93. The first-order chi connectivity index (χ1) is 10.1. The number of benzene rings is 1. The topological polar surface area (TPSA) is 87.5 Å². The third kappa shape index (κ3) is 4.11.